The normalized spacial score (nSPS) is 16.3. The lowest BCUT2D eigenvalue weighted by molar-refractivity contribution is 0.135. The highest BCUT2D eigenvalue weighted by Crippen LogP contribution is 2.32. The summed E-state index contributed by atoms with van der Waals surface area (Å²) < 4.78 is 10.8. The van der Waals surface area contributed by atoms with Gasteiger partial charge in [-0.3, -0.25) is 9.88 Å². The van der Waals surface area contributed by atoms with E-state index in [0.717, 1.165) is 61.0 Å². The van der Waals surface area contributed by atoms with Crippen LogP contribution >= 0.6 is 0 Å². The zero-order valence-corrected chi connectivity index (χ0v) is 16.4. The molecule has 148 valence electrons. The van der Waals surface area contributed by atoms with E-state index in [0.29, 0.717) is 13.3 Å². The maximum Gasteiger partial charge on any atom is 0.317 e. The molecule has 0 saturated carbocycles. The van der Waals surface area contributed by atoms with Gasteiger partial charge in [0.1, 0.15) is 0 Å². The van der Waals surface area contributed by atoms with Crippen LogP contribution in [0.25, 0.3) is 0 Å². The second-order valence-electron chi connectivity index (χ2n) is 7.36. The number of aromatic nitrogens is 1. The Labute approximate surface area is 165 Å². The number of nitrogens with zero attached hydrogens (tertiary/aromatic N) is 3. The fraction of sp³-hybridized carbons (Fsp3) is 0.429. The molecule has 1 fully saturated rings. The van der Waals surface area contributed by atoms with E-state index in [4.69, 9.17) is 9.47 Å². The molecule has 1 aromatic heterocycles. The van der Waals surface area contributed by atoms with E-state index in [1.165, 1.54) is 5.56 Å². The monoisotopic (exact) mass is 382 g/mol. The quantitative estimate of drug-likeness (QED) is 0.880. The maximum absolute atomic E-state index is 12.5. The predicted octanol–water partition coefficient (Wildman–Crippen LogP) is 2.45. The number of amides is 2. The number of ether oxygens (including phenoxy) is 2. The molecule has 28 heavy (non-hydrogen) atoms. The van der Waals surface area contributed by atoms with Crippen LogP contribution in [0, 0.1) is 13.8 Å². The first-order valence-corrected chi connectivity index (χ1v) is 9.64. The number of nitrogens with one attached hydrogen (secondary N) is 1. The predicted molar refractivity (Wildman–Crippen MR) is 105 cm³/mol. The van der Waals surface area contributed by atoms with Gasteiger partial charge < -0.3 is 19.7 Å². The highest BCUT2D eigenvalue weighted by Gasteiger charge is 2.22. The fourth-order valence-corrected chi connectivity index (χ4v) is 3.60. The van der Waals surface area contributed by atoms with Gasteiger partial charge in [-0.1, -0.05) is 6.07 Å². The smallest absolute Gasteiger partial charge is 0.317 e. The van der Waals surface area contributed by atoms with Gasteiger partial charge in [-0.15, -0.1) is 0 Å². The van der Waals surface area contributed by atoms with Crippen LogP contribution < -0.4 is 14.8 Å². The Kier molecular flexibility index (Phi) is 5.34. The number of fused-ring (bicyclic) bond motifs is 1. The molecule has 7 nitrogen and oxygen atoms in total. The Hall–Kier alpha value is -2.80. The van der Waals surface area contributed by atoms with E-state index >= 15 is 0 Å². The van der Waals surface area contributed by atoms with Crippen LogP contribution in [0.2, 0.25) is 0 Å². The van der Waals surface area contributed by atoms with Gasteiger partial charge >= 0.3 is 6.03 Å². The Morgan fingerprint density at radius 3 is 2.68 bits per heavy atom. The number of carbonyl (C=O) groups is 1. The summed E-state index contributed by atoms with van der Waals surface area (Å²) in [5, 5.41) is 3.02. The molecule has 2 aliphatic rings. The highest BCUT2D eigenvalue weighted by molar-refractivity contribution is 5.74. The first-order chi connectivity index (χ1) is 13.6. The van der Waals surface area contributed by atoms with E-state index in [9.17, 15) is 4.79 Å². The topological polar surface area (TPSA) is 66.9 Å². The minimum Gasteiger partial charge on any atom is -0.454 e. The third-order valence-corrected chi connectivity index (χ3v) is 5.29. The van der Waals surface area contributed by atoms with Crippen LogP contribution in [-0.2, 0) is 13.1 Å². The number of hydrogen-bond donors (Lipinski definition) is 1. The maximum atomic E-state index is 12.5. The van der Waals surface area contributed by atoms with Crippen molar-refractivity contribution in [3.8, 4) is 11.5 Å². The largest absolute Gasteiger partial charge is 0.454 e. The summed E-state index contributed by atoms with van der Waals surface area (Å²) in [5.41, 5.74) is 4.40. The van der Waals surface area contributed by atoms with Crippen molar-refractivity contribution in [1.82, 2.24) is 20.1 Å². The first-order valence-electron chi connectivity index (χ1n) is 9.64. The van der Waals surface area contributed by atoms with Crippen molar-refractivity contribution in [2.75, 3.05) is 33.0 Å². The van der Waals surface area contributed by atoms with Gasteiger partial charge in [0, 0.05) is 51.2 Å². The summed E-state index contributed by atoms with van der Waals surface area (Å²) in [7, 11) is 0. The molecule has 0 bridgehead atoms. The Balaban J connectivity index is 1.25. The van der Waals surface area contributed by atoms with Gasteiger partial charge in [0.15, 0.2) is 11.5 Å². The molecular weight excluding hydrogens is 356 g/mol. The number of urea groups is 1. The molecule has 0 unspecified atom stereocenters. The molecule has 2 aliphatic heterocycles. The number of hydrogen-bond acceptors (Lipinski definition) is 5. The van der Waals surface area contributed by atoms with Crippen molar-refractivity contribution in [3.05, 3.63) is 52.8 Å². The van der Waals surface area contributed by atoms with E-state index in [2.05, 4.69) is 21.3 Å². The van der Waals surface area contributed by atoms with Gasteiger partial charge in [-0.2, -0.15) is 0 Å². The molecule has 4 rings (SSSR count). The van der Waals surface area contributed by atoms with Crippen molar-refractivity contribution in [1.29, 1.82) is 0 Å². The summed E-state index contributed by atoms with van der Waals surface area (Å²) in [5.74, 6) is 1.63. The van der Waals surface area contributed by atoms with Crippen molar-refractivity contribution in [3.63, 3.8) is 0 Å². The third-order valence-electron chi connectivity index (χ3n) is 5.29. The molecule has 2 aromatic rings. The molecule has 0 atom stereocenters. The standard InChI is InChI=1S/C21H26N4O3/c1-15-9-16(2)22-11-18(15)12-23-21(26)25-7-5-24(6-8-25)13-17-3-4-19-20(10-17)28-14-27-19/h3-4,9-11H,5-8,12-14H2,1-2H3,(H,23,26). The van der Waals surface area contributed by atoms with Gasteiger partial charge in [0.25, 0.3) is 0 Å². The van der Waals surface area contributed by atoms with E-state index < -0.39 is 0 Å². The summed E-state index contributed by atoms with van der Waals surface area (Å²) in [6, 6.07) is 8.10. The van der Waals surface area contributed by atoms with Crippen LogP contribution in [0.15, 0.2) is 30.5 Å². The number of benzene rings is 1. The zero-order valence-electron chi connectivity index (χ0n) is 16.4. The van der Waals surface area contributed by atoms with Gasteiger partial charge in [-0.25, -0.2) is 4.79 Å². The van der Waals surface area contributed by atoms with Gasteiger partial charge in [0.05, 0.1) is 0 Å². The van der Waals surface area contributed by atoms with E-state index in [1.54, 1.807) is 0 Å². The van der Waals surface area contributed by atoms with E-state index in [1.807, 2.05) is 43.1 Å². The van der Waals surface area contributed by atoms with Gasteiger partial charge in [0.2, 0.25) is 6.79 Å². The SMILES string of the molecule is Cc1cc(C)c(CNC(=O)N2CCN(Cc3ccc4c(c3)OCO4)CC2)cn1. The Morgan fingerprint density at radius 1 is 1.11 bits per heavy atom. The lowest BCUT2D eigenvalue weighted by Gasteiger charge is -2.34. The van der Waals surface area contributed by atoms with Crippen LogP contribution in [0.3, 0.4) is 0 Å². The van der Waals surface area contributed by atoms with Crippen molar-refractivity contribution in [2.24, 2.45) is 0 Å². The minimum absolute atomic E-state index is 0.0114. The fourth-order valence-electron chi connectivity index (χ4n) is 3.60. The van der Waals surface area contributed by atoms with Crippen LogP contribution in [-0.4, -0.2) is 53.8 Å². The first kappa shape index (κ1) is 18.6. The number of piperazine rings is 1. The molecule has 0 spiro atoms. The molecule has 0 radical (unpaired) electrons. The summed E-state index contributed by atoms with van der Waals surface area (Å²) in [4.78, 5) is 21.0. The third kappa shape index (κ3) is 4.20. The van der Waals surface area contributed by atoms with Crippen molar-refractivity contribution < 1.29 is 14.3 Å². The summed E-state index contributed by atoms with van der Waals surface area (Å²) in [6.07, 6.45) is 1.84. The van der Waals surface area contributed by atoms with Crippen molar-refractivity contribution >= 4 is 6.03 Å². The molecule has 1 aromatic carbocycles. The molecule has 1 N–H and O–H groups in total. The molecule has 1 saturated heterocycles. The number of rotatable bonds is 4. The average Bonchev–Trinajstić information content (AvgIpc) is 3.15. The second-order valence-corrected chi connectivity index (χ2v) is 7.36. The lowest BCUT2D eigenvalue weighted by atomic mass is 10.1. The zero-order chi connectivity index (χ0) is 19.5. The Morgan fingerprint density at radius 2 is 1.89 bits per heavy atom. The number of aryl methyl sites for hydroxylation is 2. The van der Waals surface area contributed by atoms with Crippen LogP contribution in [0.1, 0.15) is 22.4 Å². The Bertz CT molecular complexity index is 863. The molecule has 7 heteroatoms. The molecule has 0 aliphatic carbocycles. The second kappa shape index (κ2) is 8.06. The average molecular weight is 382 g/mol. The highest BCUT2D eigenvalue weighted by atomic mass is 16.7. The number of carbonyl (C=O) groups excluding carboxylic acids is 1. The summed E-state index contributed by atoms with van der Waals surface area (Å²) in [6.45, 7) is 8.83. The lowest BCUT2D eigenvalue weighted by Crippen LogP contribution is -2.51. The number of pyridine rings is 1. The molecule has 3 heterocycles. The minimum atomic E-state index is -0.0114. The van der Waals surface area contributed by atoms with Crippen molar-refractivity contribution in [2.45, 2.75) is 26.9 Å². The van der Waals surface area contributed by atoms with Crippen LogP contribution in [0.4, 0.5) is 4.79 Å². The van der Waals surface area contributed by atoms with E-state index in [-0.39, 0.29) is 6.03 Å². The van der Waals surface area contributed by atoms with Crippen LogP contribution in [0.5, 0.6) is 11.5 Å². The molecular formula is C21H26N4O3. The summed E-state index contributed by atoms with van der Waals surface area (Å²) >= 11 is 0. The molecule has 2 amide bonds. The van der Waals surface area contributed by atoms with Gasteiger partial charge in [-0.05, 0) is 48.7 Å².